The zero-order valence-electron chi connectivity index (χ0n) is 19.8. The monoisotopic (exact) mass is 596 g/mol. The van der Waals surface area contributed by atoms with E-state index < -0.39 is 8.07 Å². The second-order valence-electron chi connectivity index (χ2n) is 9.73. The van der Waals surface area contributed by atoms with Crippen molar-refractivity contribution in [3.63, 3.8) is 0 Å². The Labute approximate surface area is 225 Å². The molecule has 0 aromatic heterocycles. The van der Waals surface area contributed by atoms with Gasteiger partial charge in [0, 0.05) is 20.0 Å². The molecule has 3 heteroatoms. The second-order valence-corrected chi connectivity index (χ2v) is 15.5. The minimum Gasteiger partial charge on any atom is -0.0671 e. The van der Waals surface area contributed by atoms with Crippen LogP contribution in [0.2, 0.25) is 0 Å². The summed E-state index contributed by atoms with van der Waals surface area (Å²) in [7, 11) is -2.53. The van der Waals surface area contributed by atoms with E-state index in [1.807, 2.05) is 0 Å². The highest BCUT2D eigenvalue weighted by molar-refractivity contribution is 9.10. The number of rotatable bonds is 4. The fourth-order valence-corrected chi connectivity index (χ4v) is 14.2. The molecule has 0 spiro atoms. The molecule has 35 heavy (non-hydrogen) atoms. The number of hydrogen-bond donors (Lipinski definition) is 0. The Morgan fingerprint density at radius 3 is 1.31 bits per heavy atom. The summed E-state index contributed by atoms with van der Waals surface area (Å²) in [4.78, 5) is 0. The highest BCUT2D eigenvalue weighted by Gasteiger charge is 2.55. The van der Waals surface area contributed by atoms with Gasteiger partial charge in [0.2, 0.25) is 0 Å². The molecule has 4 aromatic carbocycles. The molecule has 0 aliphatic heterocycles. The Bertz CT molecular complexity index is 1370. The minimum atomic E-state index is -2.53. The molecular formula is C32H26Br2Si. The van der Waals surface area contributed by atoms with E-state index in [4.69, 9.17) is 0 Å². The van der Waals surface area contributed by atoms with Crippen LogP contribution in [0.25, 0.3) is 12.2 Å². The van der Waals surface area contributed by atoms with Crippen molar-refractivity contribution in [2.45, 2.75) is 24.9 Å². The molecular weight excluding hydrogens is 572 g/mol. The molecule has 0 N–H and O–H groups in total. The van der Waals surface area contributed by atoms with E-state index in [1.54, 1.807) is 0 Å². The number of fused-ring (bicyclic) bond motifs is 2. The molecule has 2 unspecified atom stereocenters. The summed E-state index contributed by atoms with van der Waals surface area (Å²) in [5.41, 5.74) is 9.17. The van der Waals surface area contributed by atoms with Crippen LogP contribution in [0.15, 0.2) is 117 Å². The van der Waals surface area contributed by atoms with E-state index in [0.717, 1.165) is 0 Å². The third kappa shape index (κ3) is 3.43. The quantitative estimate of drug-likeness (QED) is 0.208. The normalized spacial score (nSPS) is 18.6. The lowest BCUT2D eigenvalue weighted by molar-refractivity contribution is 0.990. The molecule has 4 aromatic rings. The lowest BCUT2D eigenvalue weighted by atomic mass is 10.1. The first-order chi connectivity index (χ1) is 17.0. The summed E-state index contributed by atoms with van der Waals surface area (Å²) >= 11 is 7.73. The minimum absolute atomic E-state index is 0.332. The van der Waals surface area contributed by atoms with Crippen LogP contribution in [-0.2, 0) is 0 Å². The van der Waals surface area contributed by atoms with Crippen molar-refractivity contribution < 1.29 is 0 Å². The van der Waals surface area contributed by atoms with E-state index in [1.165, 1.54) is 52.7 Å². The Balaban J connectivity index is 1.76. The van der Waals surface area contributed by atoms with Crippen molar-refractivity contribution in [3.05, 3.63) is 139 Å². The SMILES string of the molecule is CC1=Cc2c(Br)cccc2C1[Si](c1ccccc1)(c1ccccc1)C1C(C)=Cc2c(Br)cccc21. The fraction of sp³-hybridized carbons (Fsp3) is 0.125. The van der Waals surface area contributed by atoms with Crippen molar-refractivity contribution in [1.82, 2.24) is 0 Å². The zero-order valence-corrected chi connectivity index (χ0v) is 24.0. The summed E-state index contributed by atoms with van der Waals surface area (Å²) in [6.45, 7) is 4.70. The van der Waals surface area contributed by atoms with Gasteiger partial charge in [0.05, 0.1) is 0 Å². The van der Waals surface area contributed by atoms with Gasteiger partial charge in [0.15, 0.2) is 0 Å². The van der Waals surface area contributed by atoms with Gasteiger partial charge in [-0.2, -0.15) is 0 Å². The molecule has 0 fully saturated rings. The Hall–Kier alpha value is -2.46. The number of benzene rings is 4. The summed E-state index contributed by atoms with van der Waals surface area (Å²) < 4.78 is 2.37. The predicted octanol–water partition coefficient (Wildman–Crippen LogP) is 8.25. The van der Waals surface area contributed by atoms with E-state index >= 15 is 0 Å². The first-order valence-electron chi connectivity index (χ1n) is 12.1. The van der Waals surface area contributed by atoms with Crippen LogP contribution >= 0.6 is 31.9 Å². The summed E-state index contributed by atoms with van der Waals surface area (Å²) in [5.74, 6) is 0. The molecule has 6 rings (SSSR count). The van der Waals surface area contributed by atoms with Gasteiger partial charge in [-0.15, -0.1) is 0 Å². The molecule has 0 heterocycles. The Kier molecular flexibility index (Phi) is 5.83. The molecule has 0 saturated heterocycles. The zero-order chi connectivity index (χ0) is 24.2. The maximum Gasteiger partial charge on any atom is 0.140 e. The largest absolute Gasteiger partial charge is 0.140 e. The predicted molar refractivity (Wildman–Crippen MR) is 159 cm³/mol. The standard InChI is InChI=1S/C32H26Br2Si/c1-21-19-27-25(15-9-17-29(27)33)31(21)35(23-11-5-3-6-12-23,24-13-7-4-8-14-24)32-22(2)20-28-26(32)16-10-18-30(28)34/h3-20,31-32H,1-2H3. The summed E-state index contributed by atoms with van der Waals surface area (Å²) in [6.07, 6.45) is 4.85. The third-order valence-electron chi connectivity index (χ3n) is 7.86. The molecule has 2 aliphatic rings. The van der Waals surface area contributed by atoms with Gasteiger partial charge in [-0.3, -0.25) is 0 Å². The van der Waals surface area contributed by atoms with Crippen molar-refractivity contribution in [3.8, 4) is 0 Å². The average Bonchev–Trinajstić information content (AvgIpc) is 3.40. The van der Waals surface area contributed by atoms with Crippen LogP contribution in [0, 0.1) is 0 Å². The van der Waals surface area contributed by atoms with Gasteiger partial charge >= 0.3 is 0 Å². The molecule has 172 valence electrons. The topological polar surface area (TPSA) is 0 Å². The van der Waals surface area contributed by atoms with Crippen molar-refractivity contribution in [1.29, 1.82) is 0 Å². The van der Waals surface area contributed by atoms with Crippen LogP contribution in [0.4, 0.5) is 0 Å². The lowest BCUT2D eigenvalue weighted by Gasteiger charge is -2.45. The first kappa shape index (κ1) is 23.0. The summed E-state index contributed by atoms with van der Waals surface area (Å²) in [6, 6.07) is 36.3. The van der Waals surface area contributed by atoms with Crippen LogP contribution in [0.1, 0.15) is 47.2 Å². The van der Waals surface area contributed by atoms with E-state index in [0.29, 0.717) is 11.1 Å². The second kappa shape index (κ2) is 8.88. The van der Waals surface area contributed by atoms with Crippen LogP contribution in [-0.4, -0.2) is 8.07 Å². The molecule has 2 atom stereocenters. The maximum absolute atomic E-state index is 3.87. The van der Waals surface area contributed by atoms with Crippen LogP contribution in [0.5, 0.6) is 0 Å². The van der Waals surface area contributed by atoms with E-state index in [2.05, 4.69) is 155 Å². The van der Waals surface area contributed by atoms with Gasteiger partial charge in [-0.05, 0) is 48.2 Å². The smallest absolute Gasteiger partial charge is 0.0671 e. The van der Waals surface area contributed by atoms with Gasteiger partial charge in [-0.25, -0.2) is 0 Å². The van der Waals surface area contributed by atoms with E-state index in [9.17, 15) is 0 Å². The molecule has 0 nitrogen and oxygen atoms in total. The number of halogens is 2. The van der Waals surface area contributed by atoms with E-state index in [-0.39, 0.29) is 0 Å². The van der Waals surface area contributed by atoms with Crippen molar-refractivity contribution in [2.24, 2.45) is 0 Å². The van der Waals surface area contributed by atoms with Crippen LogP contribution < -0.4 is 10.4 Å². The van der Waals surface area contributed by atoms with Crippen molar-refractivity contribution >= 4 is 62.5 Å². The third-order valence-corrected chi connectivity index (χ3v) is 15.2. The van der Waals surface area contributed by atoms with Gasteiger partial charge < -0.3 is 0 Å². The molecule has 0 radical (unpaired) electrons. The Morgan fingerprint density at radius 2 is 0.914 bits per heavy atom. The molecule has 0 saturated carbocycles. The molecule has 0 bridgehead atoms. The average molecular weight is 598 g/mol. The lowest BCUT2D eigenvalue weighted by Crippen LogP contribution is -2.67. The van der Waals surface area contributed by atoms with Crippen molar-refractivity contribution in [2.75, 3.05) is 0 Å². The van der Waals surface area contributed by atoms with Gasteiger partial charge in [0.25, 0.3) is 0 Å². The Morgan fingerprint density at radius 1 is 0.514 bits per heavy atom. The highest BCUT2D eigenvalue weighted by atomic mass is 79.9. The molecule has 2 aliphatic carbocycles. The van der Waals surface area contributed by atoms with Gasteiger partial charge in [0.1, 0.15) is 8.07 Å². The maximum atomic E-state index is 3.87. The number of hydrogen-bond acceptors (Lipinski definition) is 0. The van der Waals surface area contributed by atoms with Gasteiger partial charge in [-0.1, -0.05) is 150 Å². The molecule has 0 amide bonds. The number of allylic oxidation sites excluding steroid dienone is 2. The van der Waals surface area contributed by atoms with Crippen LogP contribution in [0.3, 0.4) is 0 Å². The fourth-order valence-electron chi connectivity index (χ4n) is 6.66. The first-order valence-corrected chi connectivity index (χ1v) is 15.8. The summed E-state index contributed by atoms with van der Waals surface area (Å²) in [5, 5.41) is 2.98. The highest BCUT2D eigenvalue weighted by Crippen LogP contribution is 2.53.